The highest BCUT2D eigenvalue weighted by atomic mass is 16.2. The van der Waals surface area contributed by atoms with Crippen LogP contribution in [0.2, 0.25) is 0 Å². The van der Waals surface area contributed by atoms with Gasteiger partial charge in [0, 0.05) is 43.3 Å². The van der Waals surface area contributed by atoms with Crippen LogP contribution in [0.15, 0.2) is 59.8 Å². The van der Waals surface area contributed by atoms with Gasteiger partial charge in [-0.2, -0.15) is 5.10 Å². The molecule has 9 heteroatoms. The second-order valence-electron chi connectivity index (χ2n) is 11.1. The Labute approximate surface area is 228 Å². The number of nitrogens with zero attached hydrogens (tertiary/aromatic N) is 5. The summed E-state index contributed by atoms with van der Waals surface area (Å²) in [7, 11) is 3.85. The number of aromatic nitrogens is 4. The molecule has 0 spiro atoms. The molecule has 2 N–H and O–H groups in total. The number of likely N-dealkylation sites (N-methyl/N-ethyl adjacent to an activating group) is 1. The van der Waals surface area contributed by atoms with Crippen molar-refractivity contribution in [3.8, 4) is 11.3 Å². The Balaban J connectivity index is 1.35. The first-order valence-electron chi connectivity index (χ1n) is 13.6. The van der Waals surface area contributed by atoms with Crippen LogP contribution in [-0.2, 0) is 11.3 Å². The van der Waals surface area contributed by atoms with Gasteiger partial charge in [-0.1, -0.05) is 26.0 Å². The number of hydrogen-bond acceptors (Lipinski definition) is 6. The molecule has 5 rings (SSSR count). The Kier molecular flexibility index (Phi) is 7.79. The summed E-state index contributed by atoms with van der Waals surface area (Å²) in [5.41, 5.74) is 3.62. The molecule has 0 aliphatic carbocycles. The van der Waals surface area contributed by atoms with Gasteiger partial charge in [0.05, 0.1) is 23.8 Å². The molecule has 4 aromatic rings. The number of piperidine rings is 1. The van der Waals surface area contributed by atoms with E-state index in [1.54, 1.807) is 6.20 Å². The largest absolute Gasteiger partial charge is 0.342 e. The first-order valence-corrected chi connectivity index (χ1v) is 13.6. The predicted molar refractivity (Wildman–Crippen MR) is 155 cm³/mol. The van der Waals surface area contributed by atoms with E-state index in [1.165, 1.54) is 5.56 Å². The summed E-state index contributed by atoms with van der Waals surface area (Å²) >= 11 is 0. The van der Waals surface area contributed by atoms with Crippen molar-refractivity contribution in [2.24, 2.45) is 5.92 Å². The maximum absolute atomic E-state index is 12.8. The maximum Gasteiger partial charge on any atom is 0.259 e. The molecule has 9 nitrogen and oxygen atoms in total. The summed E-state index contributed by atoms with van der Waals surface area (Å²) in [6.45, 7) is 7.18. The van der Waals surface area contributed by atoms with E-state index >= 15 is 0 Å². The minimum atomic E-state index is -0.184. The molecule has 1 aliphatic rings. The highest BCUT2D eigenvalue weighted by Gasteiger charge is 2.24. The van der Waals surface area contributed by atoms with Crippen molar-refractivity contribution in [3.05, 3.63) is 70.9 Å². The smallest absolute Gasteiger partial charge is 0.259 e. The van der Waals surface area contributed by atoms with Crippen LogP contribution in [0.5, 0.6) is 0 Å². The predicted octanol–water partition coefficient (Wildman–Crippen LogP) is 4.45. The van der Waals surface area contributed by atoms with Crippen LogP contribution in [-0.4, -0.2) is 69.2 Å². The van der Waals surface area contributed by atoms with E-state index in [0.717, 1.165) is 54.8 Å². The maximum atomic E-state index is 12.8. The van der Waals surface area contributed by atoms with Crippen LogP contribution < -0.4 is 10.9 Å². The van der Waals surface area contributed by atoms with Crippen LogP contribution in [0.4, 0.5) is 11.5 Å². The molecule has 4 heterocycles. The molecule has 0 radical (unpaired) electrons. The van der Waals surface area contributed by atoms with Crippen LogP contribution in [0.25, 0.3) is 22.0 Å². The standard InChI is InChI=1S/C30H37N7O2/c1-20(2)17-37-18-24(16-32-37)26-15-23-9-12-31-30(39)28(23)29(34-26)33-25-7-5-21(6-8-25)22-10-13-36(14-11-22)27(38)19-35(3)4/h5-9,12,15-16,18,20,22H,10-11,13-14,17,19H2,1-4H3,(H,31,39)(H,33,34). The third kappa shape index (κ3) is 6.20. The Morgan fingerprint density at radius 2 is 1.90 bits per heavy atom. The van der Waals surface area contributed by atoms with Gasteiger partial charge in [-0.15, -0.1) is 0 Å². The van der Waals surface area contributed by atoms with E-state index in [9.17, 15) is 9.59 Å². The van der Waals surface area contributed by atoms with Crippen molar-refractivity contribution in [2.75, 3.05) is 39.0 Å². The first-order chi connectivity index (χ1) is 18.8. The normalized spacial score (nSPS) is 14.5. The molecular formula is C30H37N7O2. The lowest BCUT2D eigenvalue weighted by Crippen LogP contribution is -2.42. The zero-order valence-corrected chi connectivity index (χ0v) is 23.1. The van der Waals surface area contributed by atoms with Crippen LogP contribution >= 0.6 is 0 Å². The van der Waals surface area contributed by atoms with Crippen molar-refractivity contribution in [1.82, 2.24) is 29.5 Å². The summed E-state index contributed by atoms with van der Waals surface area (Å²) in [6, 6.07) is 12.2. The molecule has 3 aromatic heterocycles. The van der Waals surface area contributed by atoms with Crippen molar-refractivity contribution in [1.29, 1.82) is 0 Å². The van der Waals surface area contributed by atoms with E-state index < -0.39 is 0 Å². The number of fused-ring (bicyclic) bond motifs is 1. The Hall–Kier alpha value is -3.98. The molecule has 1 aliphatic heterocycles. The molecule has 0 bridgehead atoms. The summed E-state index contributed by atoms with van der Waals surface area (Å²) < 4.78 is 1.93. The first kappa shape index (κ1) is 26.6. The number of benzene rings is 1. The van der Waals surface area contributed by atoms with Crippen LogP contribution in [0.3, 0.4) is 0 Å². The number of H-pyrrole nitrogens is 1. The summed E-state index contributed by atoms with van der Waals surface area (Å²) in [4.78, 5) is 36.7. The van der Waals surface area contributed by atoms with E-state index in [1.807, 2.05) is 65.2 Å². The van der Waals surface area contributed by atoms with Gasteiger partial charge in [-0.25, -0.2) is 4.98 Å². The fourth-order valence-electron chi connectivity index (χ4n) is 5.23. The molecule has 204 valence electrons. The SMILES string of the molecule is CC(C)Cn1cc(-c2cc3cc[nH]c(=O)c3c(Nc3ccc(C4CCN(C(=O)CN(C)C)CC4)cc3)n2)cn1. The van der Waals surface area contributed by atoms with Gasteiger partial charge in [-0.05, 0) is 74.0 Å². The van der Waals surface area contributed by atoms with Gasteiger partial charge in [-0.3, -0.25) is 14.3 Å². The Morgan fingerprint density at radius 1 is 1.15 bits per heavy atom. The Bertz CT molecular complexity index is 1500. The lowest BCUT2D eigenvalue weighted by atomic mass is 9.89. The fraction of sp³-hybridized carbons (Fsp3) is 0.400. The van der Waals surface area contributed by atoms with E-state index in [-0.39, 0.29) is 11.5 Å². The van der Waals surface area contributed by atoms with Crippen molar-refractivity contribution in [2.45, 2.75) is 39.2 Å². The second kappa shape index (κ2) is 11.4. The van der Waals surface area contributed by atoms with Gasteiger partial charge in [0.25, 0.3) is 5.56 Å². The molecule has 39 heavy (non-hydrogen) atoms. The lowest BCUT2D eigenvalue weighted by molar-refractivity contribution is -0.132. The minimum absolute atomic E-state index is 0.184. The van der Waals surface area contributed by atoms with E-state index in [4.69, 9.17) is 4.98 Å². The number of likely N-dealkylation sites (tertiary alicyclic amines) is 1. The number of pyridine rings is 2. The summed E-state index contributed by atoms with van der Waals surface area (Å²) in [5, 5.41) is 9.22. The zero-order chi connectivity index (χ0) is 27.5. The number of hydrogen-bond donors (Lipinski definition) is 2. The molecule has 0 saturated carbocycles. The number of amides is 1. The zero-order valence-electron chi connectivity index (χ0n) is 23.1. The van der Waals surface area contributed by atoms with Gasteiger partial charge in [0.1, 0.15) is 5.82 Å². The summed E-state index contributed by atoms with van der Waals surface area (Å²) in [5.74, 6) is 1.62. The number of carbonyl (C=O) groups excluding carboxylic acids is 1. The molecule has 1 saturated heterocycles. The van der Waals surface area contributed by atoms with Gasteiger partial charge in [0.15, 0.2) is 0 Å². The van der Waals surface area contributed by atoms with Crippen LogP contribution in [0, 0.1) is 5.92 Å². The highest BCUT2D eigenvalue weighted by Crippen LogP contribution is 2.31. The van der Waals surface area contributed by atoms with Gasteiger partial charge in [0.2, 0.25) is 5.91 Å². The molecule has 0 unspecified atom stereocenters. The van der Waals surface area contributed by atoms with E-state index in [2.05, 4.69) is 41.4 Å². The van der Waals surface area contributed by atoms with Crippen LogP contribution in [0.1, 0.15) is 38.2 Å². The average molecular weight is 528 g/mol. The topological polar surface area (TPSA) is 99.1 Å². The second-order valence-corrected chi connectivity index (χ2v) is 11.1. The highest BCUT2D eigenvalue weighted by molar-refractivity contribution is 5.95. The Morgan fingerprint density at radius 3 is 2.59 bits per heavy atom. The quantitative estimate of drug-likeness (QED) is 0.351. The molecule has 1 amide bonds. The van der Waals surface area contributed by atoms with Crippen molar-refractivity contribution in [3.63, 3.8) is 0 Å². The summed E-state index contributed by atoms with van der Waals surface area (Å²) in [6.07, 6.45) is 7.40. The lowest BCUT2D eigenvalue weighted by Gasteiger charge is -2.33. The third-order valence-corrected chi connectivity index (χ3v) is 7.18. The number of anilines is 2. The molecule has 1 fully saturated rings. The molecule has 0 atom stereocenters. The van der Waals surface area contributed by atoms with Crippen molar-refractivity contribution >= 4 is 28.2 Å². The number of aromatic amines is 1. The number of nitrogens with one attached hydrogen (secondary N) is 2. The average Bonchev–Trinajstić information content (AvgIpc) is 3.36. The number of rotatable bonds is 8. The molecule has 1 aromatic carbocycles. The number of carbonyl (C=O) groups is 1. The third-order valence-electron chi connectivity index (χ3n) is 7.18. The van der Waals surface area contributed by atoms with Gasteiger partial charge >= 0.3 is 0 Å². The van der Waals surface area contributed by atoms with E-state index in [0.29, 0.717) is 29.6 Å². The van der Waals surface area contributed by atoms with Crippen molar-refractivity contribution < 1.29 is 4.79 Å². The van der Waals surface area contributed by atoms with Gasteiger partial charge < -0.3 is 20.1 Å². The fourth-order valence-corrected chi connectivity index (χ4v) is 5.23. The molecular weight excluding hydrogens is 490 g/mol. The minimum Gasteiger partial charge on any atom is -0.342 e. The monoisotopic (exact) mass is 527 g/mol.